The molecule has 7 nitrogen and oxygen atoms in total. The minimum atomic E-state index is -3.58. The maximum absolute atomic E-state index is 13.1. The Kier molecular flexibility index (Phi) is 6.49. The van der Waals surface area contributed by atoms with Crippen molar-refractivity contribution >= 4 is 53.4 Å². The summed E-state index contributed by atoms with van der Waals surface area (Å²) in [6.45, 7) is 1.76. The molecule has 0 unspecified atom stereocenters. The Balaban J connectivity index is 1.11. The lowest BCUT2D eigenvalue weighted by Gasteiger charge is -2.30. The smallest absolute Gasteiger partial charge is 0.243 e. The predicted octanol–water partition coefficient (Wildman–Crippen LogP) is 4.08. The topological polar surface area (TPSA) is 91.4 Å². The molecule has 1 amide bonds. The van der Waals surface area contributed by atoms with E-state index in [9.17, 15) is 13.2 Å². The van der Waals surface area contributed by atoms with E-state index in [-0.39, 0.29) is 11.8 Å². The summed E-state index contributed by atoms with van der Waals surface area (Å²) in [7, 11) is -3.58. The number of nitrogens with zero attached hydrogens (tertiary/aromatic N) is 2. The van der Waals surface area contributed by atoms with Gasteiger partial charge in [0.25, 0.3) is 0 Å². The Hall–Kier alpha value is -3.01. The van der Waals surface area contributed by atoms with Crippen molar-refractivity contribution in [1.29, 1.82) is 0 Å². The van der Waals surface area contributed by atoms with Gasteiger partial charge in [0.1, 0.15) is 0 Å². The van der Waals surface area contributed by atoms with Crippen LogP contribution < -0.4 is 10.6 Å². The van der Waals surface area contributed by atoms with Crippen molar-refractivity contribution in [1.82, 2.24) is 14.6 Å². The van der Waals surface area contributed by atoms with Gasteiger partial charge in [0.05, 0.1) is 15.1 Å². The van der Waals surface area contributed by atoms with Crippen LogP contribution in [0.25, 0.3) is 21.0 Å². The van der Waals surface area contributed by atoms with Crippen LogP contribution in [0.3, 0.4) is 0 Å². The second-order valence-electron chi connectivity index (χ2n) is 8.39. The number of benzene rings is 3. The van der Waals surface area contributed by atoms with Gasteiger partial charge in [-0.2, -0.15) is 4.31 Å². The van der Waals surface area contributed by atoms with Crippen LogP contribution in [0.4, 0.5) is 5.13 Å². The lowest BCUT2D eigenvalue weighted by molar-refractivity contribution is -0.126. The van der Waals surface area contributed by atoms with Gasteiger partial charge in [-0.05, 0) is 47.9 Å². The molecule has 0 bridgehead atoms. The number of amides is 1. The van der Waals surface area contributed by atoms with Crippen LogP contribution in [0.5, 0.6) is 0 Å². The number of rotatable bonds is 7. The number of sulfonamides is 1. The fraction of sp³-hybridized carbons (Fsp3) is 0.280. The van der Waals surface area contributed by atoms with Crippen molar-refractivity contribution in [2.24, 2.45) is 5.92 Å². The number of carbonyl (C=O) groups excluding carboxylic acids is 1. The van der Waals surface area contributed by atoms with Crippen molar-refractivity contribution in [3.8, 4) is 0 Å². The van der Waals surface area contributed by atoms with Crippen LogP contribution >= 0.6 is 11.3 Å². The third kappa shape index (κ3) is 4.77. The van der Waals surface area contributed by atoms with Gasteiger partial charge in [-0.1, -0.05) is 53.8 Å². The molecular weight excluding hydrogens is 468 g/mol. The molecule has 3 aromatic carbocycles. The number of hydrogen-bond acceptors (Lipinski definition) is 6. The second-order valence-corrected chi connectivity index (χ2v) is 11.4. The van der Waals surface area contributed by atoms with Crippen LogP contribution in [-0.4, -0.2) is 49.8 Å². The summed E-state index contributed by atoms with van der Waals surface area (Å²) in [6, 6.07) is 20.9. The molecule has 9 heteroatoms. The van der Waals surface area contributed by atoms with Crippen LogP contribution in [0.2, 0.25) is 0 Å². The van der Waals surface area contributed by atoms with Crippen molar-refractivity contribution < 1.29 is 13.2 Å². The number of thiazole rings is 1. The molecule has 1 fully saturated rings. The molecule has 0 aliphatic carbocycles. The highest BCUT2D eigenvalue weighted by atomic mass is 32.2. The zero-order chi connectivity index (χ0) is 23.5. The summed E-state index contributed by atoms with van der Waals surface area (Å²) in [4.78, 5) is 17.4. The van der Waals surface area contributed by atoms with E-state index in [4.69, 9.17) is 0 Å². The van der Waals surface area contributed by atoms with E-state index in [2.05, 4.69) is 15.6 Å². The molecule has 1 aliphatic rings. The lowest BCUT2D eigenvalue weighted by Crippen LogP contribution is -2.43. The third-order valence-corrected chi connectivity index (χ3v) is 9.07. The van der Waals surface area contributed by atoms with E-state index in [1.54, 1.807) is 23.5 Å². The lowest BCUT2D eigenvalue weighted by atomic mass is 9.97. The van der Waals surface area contributed by atoms with E-state index < -0.39 is 10.0 Å². The number of piperidine rings is 1. The quantitative estimate of drug-likeness (QED) is 0.378. The molecule has 0 radical (unpaired) electrons. The van der Waals surface area contributed by atoms with Crippen molar-refractivity contribution in [2.45, 2.75) is 17.7 Å². The zero-order valence-electron chi connectivity index (χ0n) is 18.6. The van der Waals surface area contributed by atoms with Gasteiger partial charge in [0.2, 0.25) is 15.9 Å². The molecule has 2 N–H and O–H groups in total. The Bertz CT molecular complexity index is 1390. The summed E-state index contributed by atoms with van der Waals surface area (Å²) < 4.78 is 28.9. The molecule has 1 aliphatic heterocycles. The van der Waals surface area contributed by atoms with Gasteiger partial charge in [0, 0.05) is 32.1 Å². The average molecular weight is 495 g/mol. The molecule has 5 rings (SSSR count). The van der Waals surface area contributed by atoms with E-state index in [1.807, 2.05) is 54.6 Å². The number of anilines is 1. The predicted molar refractivity (Wildman–Crippen MR) is 137 cm³/mol. The molecule has 2 heterocycles. The molecule has 34 heavy (non-hydrogen) atoms. The highest BCUT2D eigenvalue weighted by Crippen LogP contribution is 2.27. The van der Waals surface area contributed by atoms with E-state index in [0.717, 1.165) is 26.1 Å². The first-order valence-electron chi connectivity index (χ1n) is 11.4. The second kappa shape index (κ2) is 9.69. The molecule has 0 saturated carbocycles. The standard InChI is InChI=1S/C25H26N4O3S2/c30-24(26-13-14-27-25-28-22-7-3-4-8-23(22)33-25)19-11-15-29(16-12-19)34(31,32)21-10-9-18-5-1-2-6-20(18)17-21/h1-10,17,19H,11-16H2,(H,26,30)(H,27,28). The van der Waals surface area contributed by atoms with Crippen molar-refractivity contribution in [2.75, 3.05) is 31.5 Å². The zero-order valence-corrected chi connectivity index (χ0v) is 20.2. The highest BCUT2D eigenvalue weighted by Gasteiger charge is 2.32. The maximum Gasteiger partial charge on any atom is 0.243 e. The van der Waals surface area contributed by atoms with Crippen molar-refractivity contribution in [3.63, 3.8) is 0 Å². The molecule has 176 valence electrons. The Morgan fingerprint density at radius 1 is 0.971 bits per heavy atom. The van der Waals surface area contributed by atoms with Crippen LogP contribution in [0.1, 0.15) is 12.8 Å². The van der Waals surface area contributed by atoms with Gasteiger partial charge >= 0.3 is 0 Å². The van der Waals surface area contributed by atoms with E-state index in [1.165, 1.54) is 4.31 Å². The van der Waals surface area contributed by atoms with E-state index in [0.29, 0.717) is 43.9 Å². The number of nitrogens with one attached hydrogen (secondary N) is 2. The average Bonchev–Trinajstić information content (AvgIpc) is 3.29. The minimum Gasteiger partial charge on any atom is -0.360 e. The molecule has 4 aromatic rings. The van der Waals surface area contributed by atoms with Gasteiger partial charge in [0.15, 0.2) is 5.13 Å². The maximum atomic E-state index is 13.1. The SMILES string of the molecule is O=C(NCCNc1nc2ccccc2s1)C1CCN(S(=O)(=O)c2ccc3ccccc3c2)CC1. The van der Waals surface area contributed by atoms with Crippen LogP contribution in [0, 0.1) is 5.92 Å². The first kappa shape index (κ1) is 22.8. The molecular formula is C25H26N4O3S2. The highest BCUT2D eigenvalue weighted by molar-refractivity contribution is 7.89. The summed E-state index contributed by atoms with van der Waals surface area (Å²) in [5.41, 5.74) is 0.962. The third-order valence-electron chi connectivity index (χ3n) is 6.18. The summed E-state index contributed by atoms with van der Waals surface area (Å²) in [6.07, 6.45) is 1.04. The number of para-hydroxylation sites is 1. The molecule has 1 saturated heterocycles. The minimum absolute atomic E-state index is 0.0196. The molecule has 0 spiro atoms. The van der Waals surface area contributed by atoms with Gasteiger partial charge < -0.3 is 10.6 Å². The summed E-state index contributed by atoms with van der Waals surface area (Å²) >= 11 is 1.59. The van der Waals surface area contributed by atoms with E-state index >= 15 is 0 Å². The van der Waals surface area contributed by atoms with Gasteiger partial charge in [-0.15, -0.1) is 0 Å². The first-order chi connectivity index (χ1) is 16.5. The Morgan fingerprint density at radius 3 is 2.50 bits per heavy atom. The van der Waals surface area contributed by atoms with Gasteiger partial charge in [-0.3, -0.25) is 4.79 Å². The summed E-state index contributed by atoms with van der Waals surface area (Å²) in [5.74, 6) is -0.195. The fourth-order valence-electron chi connectivity index (χ4n) is 4.28. The summed E-state index contributed by atoms with van der Waals surface area (Å²) in [5, 5.41) is 8.97. The monoisotopic (exact) mass is 494 g/mol. The normalized spacial score (nSPS) is 15.5. The van der Waals surface area contributed by atoms with Crippen LogP contribution in [0.15, 0.2) is 71.6 Å². The number of carbonyl (C=O) groups is 1. The molecule has 1 aromatic heterocycles. The van der Waals surface area contributed by atoms with Crippen molar-refractivity contribution in [3.05, 3.63) is 66.7 Å². The fourth-order valence-corrected chi connectivity index (χ4v) is 6.68. The van der Waals surface area contributed by atoms with Crippen LogP contribution in [-0.2, 0) is 14.8 Å². The molecule has 0 atom stereocenters. The largest absolute Gasteiger partial charge is 0.360 e. The number of hydrogen-bond donors (Lipinski definition) is 2. The number of fused-ring (bicyclic) bond motifs is 2. The first-order valence-corrected chi connectivity index (χ1v) is 13.6. The Morgan fingerprint density at radius 2 is 1.71 bits per heavy atom. The Labute approximate surface area is 202 Å². The number of aromatic nitrogens is 1. The van der Waals surface area contributed by atoms with Gasteiger partial charge in [-0.25, -0.2) is 13.4 Å².